The van der Waals surface area contributed by atoms with Crippen LogP contribution in [-0.2, 0) is 7.05 Å². The molecule has 3 N–H and O–H groups in total. The normalized spacial score (nSPS) is 20.7. The van der Waals surface area contributed by atoms with Gasteiger partial charge in [0.1, 0.15) is 5.69 Å². The molecule has 0 aliphatic carbocycles. The van der Waals surface area contributed by atoms with Crippen molar-refractivity contribution in [2.45, 2.75) is 18.9 Å². The van der Waals surface area contributed by atoms with Crippen LogP contribution in [0.2, 0.25) is 0 Å². The Morgan fingerprint density at radius 3 is 2.94 bits per heavy atom. The standard InChI is InChI=1S/C11H19N5O/c1-15-5-3-4-8(15)6-13-11(17)10-9(12)7-14-16(10)2/h7-8H,3-6,12H2,1-2H3,(H,13,17). The molecule has 0 saturated carbocycles. The van der Waals surface area contributed by atoms with Crippen molar-refractivity contribution in [3.63, 3.8) is 0 Å². The monoisotopic (exact) mass is 237 g/mol. The van der Waals surface area contributed by atoms with E-state index in [2.05, 4.69) is 22.4 Å². The van der Waals surface area contributed by atoms with Gasteiger partial charge < -0.3 is 16.0 Å². The van der Waals surface area contributed by atoms with Crippen molar-refractivity contribution in [2.75, 3.05) is 25.9 Å². The Bertz CT molecular complexity index is 394. The number of rotatable bonds is 3. The van der Waals surface area contributed by atoms with E-state index in [1.807, 2.05) is 0 Å². The van der Waals surface area contributed by atoms with Crippen molar-refractivity contribution >= 4 is 11.6 Å². The first-order valence-corrected chi connectivity index (χ1v) is 5.85. The smallest absolute Gasteiger partial charge is 0.271 e. The van der Waals surface area contributed by atoms with Crippen LogP contribution in [0.25, 0.3) is 0 Å². The van der Waals surface area contributed by atoms with Gasteiger partial charge in [-0.15, -0.1) is 0 Å². The number of nitrogen functional groups attached to an aromatic ring is 1. The zero-order chi connectivity index (χ0) is 12.4. The molecule has 94 valence electrons. The molecule has 1 aliphatic rings. The third kappa shape index (κ3) is 2.41. The Balaban J connectivity index is 1.94. The van der Waals surface area contributed by atoms with Crippen LogP contribution in [0.1, 0.15) is 23.3 Å². The van der Waals surface area contributed by atoms with Crippen LogP contribution >= 0.6 is 0 Å². The van der Waals surface area contributed by atoms with Gasteiger partial charge >= 0.3 is 0 Å². The largest absolute Gasteiger partial charge is 0.396 e. The Hall–Kier alpha value is -1.56. The lowest BCUT2D eigenvalue weighted by atomic mass is 10.2. The maximum atomic E-state index is 11.9. The zero-order valence-electron chi connectivity index (χ0n) is 10.3. The number of nitrogens with one attached hydrogen (secondary N) is 1. The summed E-state index contributed by atoms with van der Waals surface area (Å²) in [5.74, 6) is -0.150. The number of hydrogen-bond donors (Lipinski definition) is 2. The Morgan fingerprint density at radius 1 is 1.65 bits per heavy atom. The summed E-state index contributed by atoms with van der Waals surface area (Å²) in [4.78, 5) is 14.2. The molecule has 0 radical (unpaired) electrons. The van der Waals surface area contributed by atoms with E-state index in [4.69, 9.17) is 5.73 Å². The van der Waals surface area contributed by atoms with Crippen LogP contribution in [0, 0.1) is 0 Å². The summed E-state index contributed by atoms with van der Waals surface area (Å²) in [6.45, 7) is 1.77. The number of likely N-dealkylation sites (tertiary alicyclic amines) is 1. The number of nitrogens with two attached hydrogens (primary N) is 1. The predicted molar refractivity (Wildman–Crippen MR) is 65.6 cm³/mol. The van der Waals surface area contributed by atoms with Crippen LogP contribution in [0.3, 0.4) is 0 Å². The molecule has 1 aromatic rings. The van der Waals surface area contributed by atoms with Crippen molar-refractivity contribution in [3.8, 4) is 0 Å². The first-order chi connectivity index (χ1) is 8.09. The number of aromatic nitrogens is 2. The van der Waals surface area contributed by atoms with Gasteiger partial charge in [0.15, 0.2) is 0 Å². The lowest BCUT2D eigenvalue weighted by Crippen LogP contribution is -2.38. The molecule has 0 aromatic carbocycles. The summed E-state index contributed by atoms with van der Waals surface area (Å²) in [5, 5.41) is 6.87. The number of aryl methyl sites for hydroxylation is 1. The molecule has 0 spiro atoms. The van der Waals surface area contributed by atoms with Gasteiger partial charge in [-0.05, 0) is 26.4 Å². The molecular formula is C11H19N5O. The number of nitrogens with zero attached hydrogens (tertiary/aromatic N) is 3. The summed E-state index contributed by atoms with van der Waals surface area (Å²) < 4.78 is 1.50. The van der Waals surface area contributed by atoms with Gasteiger partial charge in [0.2, 0.25) is 0 Å². The molecule has 1 aromatic heterocycles. The van der Waals surface area contributed by atoms with Crippen molar-refractivity contribution in [1.29, 1.82) is 0 Å². The Labute approximate surface area is 101 Å². The molecule has 2 heterocycles. The highest BCUT2D eigenvalue weighted by molar-refractivity contribution is 5.97. The molecule has 1 fully saturated rings. The minimum atomic E-state index is -0.150. The topological polar surface area (TPSA) is 76.2 Å². The predicted octanol–water partition coefficient (Wildman–Crippen LogP) is -0.174. The number of carbonyl (C=O) groups excluding carboxylic acids is 1. The van der Waals surface area contributed by atoms with E-state index in [0.717, 1.165) is 13.0 Å². The maximum absolute atomic E-state index is 11.9. The van der Waals surface area contributed by atoms with E-state index in [1.54, 1.807) is 7.05 Å². The molecule has 1 atom stereocenters. The summed E-state index contributed by atoms with van der Waals surface area (Å²) in [5.41, 5.74) is 6.56. The van der Waals surface area contributed by atoms with Crippen LogP contribution < -0.4 is 11.1 Å². The van der Waals surface area contributed by atoms with E-state index >= 15 is 0 Å². The van der Waals surface area contributed by atoms with Crippen LogP contribution in [0.15, 0.2) is 6.20 Å². The highest BCUT2D eigenvalue weighted by atomic mass is 16.2. The molecule has 1 saturated heterocycles. The molecule has 6 heteroatoms. The van der Waals surface area contributed by atoms with Gasteiger partial charge in [0.25, 0.3) is 5.91 Å². The fourth-order valence-electron chi connectivity index (χ4n) is 2.26. The van der Waals surface area contributed by atoms with Gasteiger partial charge in [-0.3, -0.25) is 9.48 Å². The van der Waals surface area contributed by atoms with Crippen molar-refractivity contribution in [3.05, 3.63) is 11.9 Å². The van der Waals surface area contributed by atoms with Crippen LogP contribution in [-0.4, -0.2) is 46.8 Å². The van der Waals surface area contributed by atoms with Crippen LogP contribution in [0.5, 0.6) is 0 Å². The fraction of sp³-hybridized carbons (Fsp3) is 0.636. The second-order valence-electron chi connectivity index (χ2n) is 4.56. The third-order valence-electron chi connectivity index (χ3n) is 3.35. The number of anilines is 1. The minimum Gasteiger partial charge on any atom is -0.396 e. The number of carbonyl (C=O) groups is 1. The molecule has 1 amide bonds. The summed E-state index contributed by atoms with van der Waals surface area (Å²) in [6.07, 6.45) is 3.83. The van der Waals surface area contributed by atoms with Crippen molar-refractivity contribution in [2.24, 2.45) is 7.05 Å². The molecule has 17 heavy (non-hydrogen) atoms. The lowest BCUT2D eigenvalue weighted by molar-refractivity contribution is 0.0935. The highest BCUT2D eigenvalue weighted by Crippen LogP contribution is 2.14. The van der Waals surface area contributed by atoms with E-state index in [1.165, 1.54) is 17.3 Å². The molecular weight excluding hydrogens is 218 g/mol. The first kappa shape index (κ1) is 11.9. The first-order valence-electron chi connectivity index (χ1n) is 5.85. The number of likely N-dealkylation sites (N-methyl/N-ethyl adjacent to an activating group) is 1. The second kappa shape index (κ2) is 4.75. The summed E-state index contributed by atoms with van der Waals surface area (Å²) in [6, 6.07) is 0.438. The van der Waals surface area contributed by atoms with Gasteiger partial charge in [-0.1, -0.05) is 0 Å². The van der Waals surface area contributed by atoms with Gasteiger partial charge in [0.05, 0.1) is 11.9 Å². The maximum Gasteiger partial charge on any atom is 0.271 e. The highest BCUT2D eigenvalue weighted by Gasteiger charge is 2.22. The van der Waals surface area contributed by atoms with Crippen molar-refractivity contribution in [1.82, 2.24) is 20.0 Å². The molecule has 1 unspecified atom stereocenters. The van der Waals surface area contributed by atoms with E-state index in [-0.39, 0.29) is 5.91 Å². The van der Waals surface area contributed by atoms with Gasteiger partial charge in [-0.25, -0.2) is 0 Å². The Morgan fingerprint density at radius 2 is 2.41 bits per heavy atom. The number of amides is 1. The van der Waals surface area contributed by atoms with E-state index in [0.29, 0.717) is 24.0 Å². The zero-order valence-corrected chi connectivity index (χ0v) is 10.3. The average molecular weight is 237 g/mol. The quantitative estimate of drug-likeness (QED) is 0.765. The molecule has 2 rings (SSSR count). The third-order valence-corrected chi connectivity index (χ3v) is 3.35. The molecule has 1 aliphatic heterocycles. The number of hydrogen-bond acceptors (Lipinski definition) is 4. The fourth-order valence-corrected chi connectivity index (χ4v) is 2.26. The Kier molecular flexibility index (Phi) is 3.33. The van der Waals surface area contributed by atoms with Crippen LogP contribution in [0.4, 0.5) is 5.69 Å². The van der Waals surface area contributed by atoms with E-state index < -0.39 is 0 Å². The van der Waals surface area contributed by atoms with E-state index in [9.17, 15) is 4.79 Å². The SMILES string of the molecule is CN1CCCC1CNC(=O)c1c(N)cnn1C. The molecule has 6 nitrogen and oxygen atoms in total. The lowest BCUT2D eigenvalue weighted by Gasteiger charge is -2.19. The van der Waals surface area contributed by atoms with Crippen molar-refractivity contribution < 1.29 is 4.79 Å². The second-order valence-corrected chi connectivity index (χ2v) is 4.56. The molecule has 0 bridgehead atoms. The minimum absolute atomic E-state index is 0.150. The average Bonchev–Trinajstić information content (AvgIpc) is 2.83. The van der Waals surface area contributed by atoms with Gasteiger partial charge in [-0.2, -0.15) is 5.10 Å². The summed E-state index contributed by atoms with van der Waals surface area (Å²) >= 11 is 0. The van der Waals surface area contributed by atoms with Gasteiger partial charge in [0, 0.05) is 19.6 Å². The summed E-state index contributed by atoms with van der Waals surface area (Å²) in [7, 11) is 3.80.